The fourth-order valence-corrected chi connectivity index (χ4v) is 3.37. The molecule has 1 saturated carbocycles. The van der Waals surface area contributed by atoms with Crippen molar-refractivity contribution < 1.29 is 0 Å². The lowest BCUT2D eigenvalue weighted by atomic mass is 10.1. The van der Waals surface area contributed by atoms with E-state index < -0.39 is 0 Å². The molecule has 2 unspecified atom stereocenters. The van der Waals surface area contributed by atoms with Gasteiger partial charge in [0.15, 0.2) is 0 Å². The minimum atomic E-state index is 0.733. The van der Waals surface area contributed by atoms with Gasteiger partial charge in [-0.25, -0.2) is 9.97 Å². The van der Waals surface area contributed by atoms with Gasteiger partial charge >= 0.3 is 0 Å². The van der Waals surface area contributed by atoms with Gasteiger partial charge in [-0.2, -0.15) is 0 Å². The average Bonchev–Trinajstić information content (AvgIpc) is 2.89. The Morgan fingerprint density at radius 3 is 2.94 bits per heavy atom. The highest BCUT2D eigenvalue weighted by Gasteiger charge is 2.38. The van der Waals surface area contributed by atoms with Gasteiger partial charge < -0.3 is 4.90 Å². The molecule has 2 aliphatic rings. The van der Waals surface area contributed by atoms with Gasteiger partial charge in [0.05, 0.1) is 0 Å². The minimum Gasteiger partial charge on any atom is -0.353 e. The van der Waals surface area contributed by atoms with E-state index in [1.807, 2.05) is 0 Å². The Bertz CT molecular complexity index is 407. The van der Waals surface area contributed by atoms with Gasteiger partial charge in [0, 0.05) is 25.1 Å². The summed E-state index contributed by atoms with van der Waals surface area (Å²) in [5, 5.41) is 0. The van der Waals surface area contributed by atoms with E-state index in [1.165, 1.54) is 25.8 Å². The first-order valence-electron chi connectivity index (χ1n) is 6.06. The molecule has 1 saturated heterocycles. The maximum Gasteiger partial charge on any atom is 0.133 e. The van der Waals surface area contributed by atoms with Crippen LogP contribution in [0.1, 0.15) is 32.0 Å². The Morgan fingerprint density at radius 2 is 2.31 bits per heavy atom. The van der Waals surface area contributed by atoms with E-state index >= 15 is 0 Å². The van der Waals surface area contributed by atoms with Gasteiger partial charge in [0.2, 0.25) is 0 Å². The molecule has 0 radical (unpaired) electrons. The summed E-state index contributed by atoms with van der Waals surface area (Å²) in [7, 11) is 0. The molecule has 0 aromatic carbocycles. The lowest BCUT2D eigenvalue weighted by molar-refractivity contribution is 0.549. The van der Waals surface area contributed by atoms with Crippen LogP contribution in [0.25, 0.3) is 0 Å². The third-order valence-corrected chi connectivity index (χ3v) is 4.15. The van der Waals surface area contributed by atoms with Gasteiger partial charge in [-0.05, 0) is 41.1 Å². The molecule has 0 N–H and O–H groups in total. The predicted octanol–water partition coefficient (Wildman–Crippen LogP) is 2.79. The van der Waals surface area contributed by atoms with E-state index in [0.717, 1.165) is 34.6 Å². The number of halogens is 1. The zero-order valence-corrected chi connectivity index (χ0v) is 11.1. The van der Waals surface area contributed by atoms with Crippen LogP contribution in [0.4, 0.5) is 5.82 Å². The van der Waals surface area contributed by atoms with Crippen LogP contribution in [0.2, 0.25) is 0 Å². The van der Waals surface area contributed by atoms with Gasteiger partial charge in [-0.1, -0.05) is 6.92 Å². The molecule has 0 spiro atoms. The molecule has 3 nitrogen and oxygen atoms in total. The molecular weight excluding hydrogens is 266 g/mol. The zero-order valence-electron chi connectivity index (χ0n) is 9.49. The Balaban J connectivity index is 1.91. The molecule has 1 aliphatic heterocycles. The Kier molecular flexibility index (Phi) is 2.62. The van der Waals surface area contributed by atoms with Gasteiger partial charge in [0.1, 0.15) is 16.2 Å². The number of piperidine rings is 1. The number of aromatic nitrogens is 2. The fourth-order valence-electron chi connectivity index (χ4n) is 2.96. The van der Waals surface area contributed by atoms with E-state index in [2.05, 4.69) is 43.8 Å². The molecule has 2 bridgehead atoms. The zero-order chi connectivity index (χ0) is 11.1. The predicted molar refractivity (Wildman–Crippen MR) is 67.6 cm³/mol. The number of aryl methyl sites for hydroxylation is 1. The third kappa shape index (κ3) is 1.73. The van der Waals surface area contributed by atoms with Crippen molar-refractivity contribution in [3.05, 3.63) is 16.5 Å². The van der Waals surface area contributed by atoms with Crippen molar-refractivity contribution in [2.24, 2.45) is 5.92 Å². The van der Waals surface area contributed by atoms with E-state index in [9.17, 15) is 0 Å². The van der Waals surface area contributed by atoms with E-state index in [1.54, 1.807) is 0 Å². The van der Waals surface area contributed by atoms with Crippen molar-refractivity contribution in [1.29, 1.82) is 0 Å². The van der Waals surface area contributed by atoms with Crippen molar-refractivity contribution in [1.82, 2.24) is 9.97 Å². The SMILES string of the molecule is CCc1nc(Br)cc(N2CC3CCC2C3)n1. The smallest absolute Gasteiger partial charge is 0.133 e. The van der Waals surface area contributed by atoms with Crippen molar-refractivity contribution in [3.63, 3.8) is 0 Å². The second-order valence-corrected chi connectivity index (χ2v) is 5.62. The van der Waals surface area contributed by atoms with Crippen LogP contribution in [0.15, 0.2) is 10.7 Å². The molecule has 4 heteroatoms. The van der Waals surface area contributed by atoms with E-state index in [0.29, 0.717) is 0 Å². The average molecular weight is 282 g/mol. The van der Waals surface area contributed by atoms with Crippen LogP contribution in [0, 0.1) is 5.92 Å². The molecule has 2 atom stereocenters. The largest absolute Gasteiger partial charge is 0.353 e. The highest BCUT2D eigenvalue weighted by Crippen LogP contribution is 2.39. The first-order chi connectivity index (χ1) is 7.76. The number of hydrogen-bond acceptors (Lipinski definition) is 3. The topological polar surface area (TPSA) is 29.0 Å². The summed E-state index contributed by atoms with van der Waals surface area (Å²) >= 11 is 3.48. The fraction of sp³-hybridized carbons (Fsp3) is 0.667. The maximum atomic E-state index is 4.64. The quantitative estimate of drug-likeness (QED) is 0.781. The molecule has 0 amide bonds. The number of anilines is 1. The van der Waals surface area contributed by atoms with Crippen LogP contribution in [-0.4, -0.2) is 22.6 Å². The molecule has 3 rings (SSSR count). The minimum absolute atomic E-state index is 0.733. The molecular formula is C12H16BrN3. The summed E-state index contributed by atoms with van der Waals surface area (Å²) in [4.78, 5) is 11.5. The van der Waals surface area contributed by atoms with E-state index in [-0.39, 0.29) is 0 Å². The first-order valence-corrected chi connectivity index (χ1v) is 6.85. The number of rotatable bonds is 2. The lowest BCUT2D eigenvalue weighted by Crippen LogP contribution is -2.32. The Hall–Kier alpha value is -0.640. The number of hydrogen-bond donors (Lipinski definition) is 0. The summed E-state index contributed by atoms with van der Waals surface area (Å²) in [6, 6.07) is 2.79. The number of fused-ring (bicyclic) bond motifs is 2. The van der Waals surface area contributed by atoms with Crippen LogP contribution >= 0.6 is 15.9 Å². The van der Waals surface area contributed by atoms with Crippen molar-refractivity contribution in [2.45, 2.75) is 38.6 Å². The molecule has 16 heavy (non-hydrogen) atoms. The Morgan fingerprint density at radius 1 is 1.44 bits per heavy atom. The summed E-state index contributed by atoms with van der Waals surface area (Å²) in [6.07, 6.45) is 5.01. The monoisotopic (exact) mass is 281 g/mol. The Labute approximate surface area is 104 Å². The van der Waals surface area contributed by atoms with Gasteiger partial charge in [0.25, 0.3) is 0 Å². The van der Waals surface area contributed by atoms with E-state index in [4.69, 9.17) is 0 Å². The van der Waals surface area contributed by atoms with Crippen LogP contribution < -0.4 is 4.90 Å². The molecule has 1 aromatic heterocycles. The third-order valence-electron chi connectivity index (χ3n) is 3.75. The summed E-state index contributed by atoms with van der Waals surface area (Å²) in [5.74, 6) is 2.96. The van der Waals surface area contributed by atoms with Crippen LogP contribution in [0.3, 0.4) is 0 Å². The molecule has 1 aromatic rings. The highest BCUT2D eigenvalue weighted by atomic mass is 79.9. The van der Waals surface area contributed by atoms with Gasteiger partial charge in [-0.15, -0.1) is 0 Å². The molecule has 1 aliphatic carbocycles. The first kappa shape index (κ1) is 10.5. The van der Waals surface area contributed by atoms with Crippen LogP contribution in [0.5, 0.6) is 0 Å². The van der Waals surface area contributed by atoms with Crippen molar-refractivity contribution in [3.8, 4) is 0 Å². The highest BCUT2D eigenvalue weighted by molar-refractivity contribution is 9.10. The van der Waals surface area contributed by atoms with Crippen LogP contribution in [-0.2, 0) is 6.42 Å². The van der Waals surface area contributed by atoms with Crippen molar-refractivity contribution in [2.75, 3.05) is 11.4 Å². The lowest BCUT2D eigenvalue weighted by Gasteiger charge is -2.28. The maximum absolute atomic E-state index is 4.64. The standard InChI is InChI=1S/C12H16BrN3/c1-2-11-14-10(13)6-12(15-11)16-7-8-3-4-9(16)5-8/h6,8-9H,2-5,7H2,1H3. The summed E-state index contributed by atoms with van der Waals surface area (Å²) in [6.45, 7) is 3.29. The second-order valence-electron chi connectivity index (χ2n) is 4.80. The molecule has 2 fully saturated rings. The molecule has 86 valence electrons. The summed E-state index contributed by atoms with van der Waals surface area (Å²) < 4.78 is 0.914. The summed E-state index contributed by atoms with van der Waals surface area (Å²) in [5.41, 5.74) is 0. The number of nitrogens with zero attached hydrogens (tertiary/aromatic N) is 3. The molecule has 2 heterocycles. The van der Waals surface area contributed by atoms with Crippen molar-refractivity contribution >= 4 is 21.7 Å². The van der Waals surface area contributed by atoms with Gasteiger partial charge in [-0.3, -0.25) is 0 Å². The second kappa shape index (κ2) is 3.99. The normalized spacial score (nSPS) is 27.8.